The summed E-state index contributed by atoms with van der Waals surface area (Å²) in [5.41, 5.74) is 0.629. The van der Waals surface area contributed by atoms with Gasteiger partial charge in [0.05, 0.1) is 6.61 Å². The molecule has 3 heteroatoms. The third-order valence-electron chi connectivity index (χ3n) is 2.62. The van der Waals surface area contributed by atoms with Crippen LogP contribution in [0.5, 0.6) is 5.88 Å². The second-order valence-corrected chi connectivity index (χ2v) is 4.02. The van der Waals surface area contributed by atoms with E-state index in [9.17, 15) is 4.79 Å². The van der Waals surface area contributed by atoms with Gasteiger partial charge in [-0.1, -0.05) is 12.8 Å². The highest BCUT2D eigenvalue weighted by atomic mass is 16.5. The molecule has 1 aliphatic rings. The minimum absolute atomic E-state index is 0.0343. The number of rotatable bonds is 5. The van der Waals surface area contributed by atoms with Crippen molar-refractivity contribution in [3.05, 3.63) is 23.9 Å². The SMILES string of the molecule is CC(=O)c1ccc(OCCC2CC2)nc1. The zero-order chi connectivity index (χ0) is 10.7. The van der Waals surface area contributed by atoms with Crippen LogP contribution in [0.25, 0.3) is 0 Å². The highest BCUT2D eigenvalue weighted by molar-refractivity contribution is 5.93. The average Bonchev–Trinajstić information content (AvgIpc) is 3.02. The van der Waals surface area contributed by atoms with Crippen molar-refractivity contribution in [3.63, 3.8) is 0 Å². The van der Waals surface area contributed by atoms with Gasteiger partial charge in [-0.3, -0.25) is 4.79 Å². The van der Waals surface area contributed by atoms with Crippen molar-refractivity contribution in [3.8, 4) is 5.88 Å². The zero-order valence-corrected chi connectivity index (χ0v) is 8.90. The van der Waals surface area contributed by atoms with E-state index < -0.39 is 0 Å². The van der Waals surface area contributed by atoms with Gasteiger partial charge in [-0.15, -0.1) is 0 Å². The summed E-state index contributed by atoms with van der Waals surface area (Å²) >= 11 is 0. The largest absolute Gasteiger partial charge is 0.478 e. The Morgan fingerprint density at radius 3 is 2.87 bits per heavy atom. The Kier molecular flexibility index (Phi) is 2.99. The normalized spacial score (nSPS) is 15.0. The molecule has 0 saturated heterocycles. The Morgan fingerprint density at radius 1 is 1.53 bits per heavy atom. The maximum absolute atomic E-state index is 11.0. The first kappa shape index (κ1) is 10.1. The van der Waals surface area contributed by atoms with E-state index in [0.29, 0.717) is 11.4 Å². The van der Waals surface area contributed by atoms with Crippen LogP contribution in [-0.4, -0.2) is 17.4 Å². The highest BCUT2D eigenvalue weighted by Gasteiger charge is 2.20. The first-order valence-corrected chi connectivity index (χ1v) is 5.35. The summed E-state index contributed by atoms with van der Waals surface area (Å²) in [5.74, 6) is 1.52. The van der Waals surface area contributed by atoms with Gasteiger partial charge in [-0.05, 0) is 25.3 Å². The molecule has 0 unspecified atom stereocenters. The van der Waals surface area contributed by atoms with Crippen LogP contribution in [0.3, 0.4) is 0 Å². The lowest BCUT2D eigenvalue weighted by Crippen LogP contribution is -2.01. The minimum Gasteiger partial charge on any atom is -0.478 e. The molecule has 3 nitrogen and oxygen atoms in total. The van der Waals surface area contributed by atoms with Gasteiger partial charge >= 0.3 is 0 Å². The lowest BCUT2D eigenvalue weighted by atomic mass is 10.2. The molecule has 0 atom stereocenters. The number of nitrogens with zero attached hydrogens (tertiary/aromatic N) is 1. The smallest absolute Gasteiger partial charge is 0.213 e. The van der Waals surface area contributed by atoms with Crippen LogP contribution < -0.4 is 4.74 Å². The van der Waals surface area contributed by atoms with Gasteiger partial charge in [0.15, 0.2) is 5.78 Å². The van der Waals surface area contributed by atoms with E-state index in [1.807, 2.05) is 0 Å². The number of carbonyl (C=O) groups is 1. The van der Waals surface area contributed by atoms with Crippen LogP contribution in [0, 0.1) is 5.92 Å². The first-order valence-electron chi connectivity index (χ1n) is 5.35. The zero-order valence-electron chi connectivity index (χ0n) is 8.90. The molecule has 15 heavy (non-hydrogen) atoms. The van der Waals surface area contributed by atoms with E-state index in [0.717, 1.165) is 18.9 Å². The summed E-state index contributed by atoms with van der Waals surface area (Å²) in [6.45, 7) is 2.27. The Hall–Kier alpha value is -1.38. The lowest BCUT2D eigenvalue weighted by molar-refractivity contribution is 0.101. The number of aromatic nitrogens is 1. The quantitative estimate of drug-likeness (QED) is 0.693. The number of ketones is 1. The molecule has 0 bridgehead atoms. The number of Topliss-reactive ketones (excluding diaryl/α,β-unsaturated/α-hetero) is 1. The maximum atomic E-state index is 11.0. The highest BCUT2D eigenvalue weighted by Crippen LogP contribution is 2.32. The van der Waals surface area contributed by atoms with E-state index in [-0.39, 0.29) is 5.78 Å². The molecule has 1 heterocycles. The molecular weight excluding hydrogens is 190 g/mol. The second kappa shape index (κ2) is 4.43. The summed E-state index contributed by atoms with van der Waals surface area (Å²) in [6.07, 6.45) is 5.38. The first-order chi connectivity index (χ1) is 7.25. The number of hydrogen-bond donors (Lipinski definition) is 0. The monoisotopic (exact) mass is 205 g/mol. The lowest BCUT2D eigenvalue weighted by Gasteiger charge is -2.04. The molecule has 1 saturated carbocycles. The summed E-state index contributed by atoms with van der Waals surface area (Å²) in [6, 6.07) is 3.51. The van der Waals surface area contributed by atoms with Crippen molar-refractivity contribution < 1.29 is 9.53 Å². The summed E-state index contributed by atoms with van der Waals surface area (Å²) in [7, 11) is 0. The number of ether oxygens (including phenoxy) is 1. The topological polar surface area (TPSA) is 39.2 Å². The van der Waals surface area contributed by atoms with E-state index in [1.54, 1.807) is 18.3 Å². The molecule has 2 rings (SSSR count). The van der Waals surface area contributed by atoms with Gasteiger partial charge in [-0.2, -0.15) is 0 Å². The molecule has 1 fully saturated rings. The van der Waals surface area contributed by atoms with Crippen LogP contribution in [0.1, 0.15) is 36.5 Å². The van der Waals surface area contributed by atoms with Crippen molar-refractivity contribution in [1.29, 1.82) is 0 Å². The number of pyridine rings is 1. The molecule has 0 aromatic carbocycles. The molecule has 1 aromatic rings. The fraction of sp³-hybridized carbons (Fsp3) is 0.500. The van der Waals surface area contributed by atoms with Crippen LogP contribution in [0.15, 0.2) is 18.3 Å². The van der Waals surface area contributed by atoms with Gasteiger partial charge in [0.2, 0.25) is 5.88 Å². The fourth-order valence-electron chi connectivity index (χ4n) is 1.41. The molecule has 1 aliphatic carbocycles. The van der Waals surface area contributed by atoms with Crippen molar-refractivity contribution in [2.24, 2.45) is 5.92 Å². The molecule has 0 radical (unpaired) electrons. The van der Waals surface area contributed by atoms with E-state index in [1.165, 1.54) is 19.8 Å². The van der Waals surface area contributed by atoms with Crippen LogP contribution in [0.4, 0.5) is 0 Å². The van der Waals surface area contributed by atoms with Gasteiger partial charge in [-0.25, -0.2) is 4.98 Å². The second-order valence-electron chi connectivity index (χ2n) is 4.02. The summed E-state index contributed by atoms with van der Waals surface area (Å²) in [4.78, 5) is 15.1. The van der Waals surface area contributed by atoms with Gasteiger partial charge in [0, 0.05) is 17.8 Å². The molecule has 0 amide bonds. The Bertz CT molecular complexity index is 341. The Morgan fingerprint density at radius 2 is 2.33 bits per heavy atom. The standard InChI is InChI=1S/C12H15NO2/c1-9(14)11-4-5-12(13-8-11)15-7-6-10-2-3-10/h4-5,8,10H,2-3,6-7H2,1H3. The molecule has 0 spiro atoms. The predicted octanol–water partition coefficient (Wildman–Crippen LogP) is 2.46. The number of hydrogen-bond acceptors (Lipinski definition) is 3. The maximum Gasteiger partial charge on any atom is 0.213 e. The summed E-state index contributed by atoms with van der Waals surface area (Å²) in [5, 5.41) is 0. The third-order valence-corrected chi connectivity index (χ3v) is 2.62. The number of carbonyl (C=O) groups excluding carboxylic acids is 1. The van der Waals surface area contributed by atoms with Gasteiger partial charge < -0.3 is 4.74 Å². The van der Waals surface area contributed by atoms with Crippen molar-refractivity contribution in [2.75, 3.05) is 6.61 Å². The van der Waals surface area contributed by atoms with Crippen molar-refractivity contribution in [1.82, 2.24) is 4.98 Å². The van der Waals surface area contributed by atoms with E-state index in [2.05, 4.69) is 4.98 Å². The fourth-order valence-corrected chi connectivity index (χ4v) is 1.41. The van der Waals surface area contributed by atoms with Crippen LogP contribution in [-0.2, 0) is 0 Å². The van der Waals surface area contributed by atoms with E-state index >= 15 is 0 Å². The Balaban J connectivity index is 1.83. The molecule has 1 aromatic heterocycles. The average molecular weight is 205 g/mol. The predicted molar refractivity (Wildman–Crippen MR) is 57.1 cm³/mol. The molecule has 0 N–H and O–H groups in total. The molecule has 0 aliphatic heterocycles. The molecule has 80 valence electrons. The third kappa shape index (κ3) is 3.05. The van der Waals surface area contributed by atoms with Crippen LogP contribution in [0.2, 0.25) is 0 Å². The summed E-state index contributed by atoms with van der Waals surface area (Å²) < 4.78 is 5.47. The van der Waals surface area contributed by atoms with Gasteiger partial charge in [0.1, 0.15) is 0 Å². The molecular formula is C12H15NO2. The van der Waals surface area contributed by atoms with Gasteiger partial charge in [0.25, 0.3) is 0 Å². The van der Waals surface area contributed by atoms with E-state index in [4.69, 9.17) is 4.74 Å². The van der Waals surface area contributed by atoms with Crippen molar-refractivity contribution in [2.45, 2.75) is 26.2 Å². The van der Waals surface area contributed by atoms with Crippen LogP contribution >= 0.6 is 0 Å². The Labute approximate surface area is 89.5 Å². The minimum atomic E-state index is 0.0343. The van der Waals surface area contributed by atoms with Crippen molar-refractivity contribution >= 4 is 5.78 Å².